The second kappa shape index (κ2) is 6.45. The number of methoxy groups -OCH3 is 1. The Morgan fingerprint density at radius 3 is 2.75 bits per heavy atom. The van der Waals surface area contributed by atoms with E-state index in [2.05, 4.69) is 15.3 Å². The van der Waals surface area contributed by atoms with Crippen molar-refractivity contribution in [2.45, 2.75) is 6.92 Å². The van der Waals surface area contributed by atoms with Crippen LogP contribution in [0.5, 0.6) is 5.75 Å². The molecule has 7 heteroatoms. The molecule has 0 fully saturated rings. The Bertz CT molecular complexity index is 905. The molecule has 0 radical (unpaired) electrons. The van der Waals surface area contributed by atoms with Crippen LogP contribution >= 0.6 is 11.3 Å². The Kier molecular flexibility index (Phi) is 4.35. The summed E-state index contributed by atoms with van der Waals surface area (Å²) >= 11 is 1.43. The van der Waals surface area contributed by atoms with Gasteiger partial charge in [0.15, 0.2) is 5.13 Å². The van der Waals surface area contributed by atoms with E-state index in [4.69, 9.17) is 4.74 Å². The minimum absolute atomic E-state index is 0.204. The van der Waals surface area contributed by atoms with Gasteiger partial charge in [0.25, 0.3) is 5.91 Å². The topological polar surface area (TPSA) is 67.3 Å². The highest BCUT2D eigenvalue weighted by molar-refractivity contribution is 7.23. The maximum atomic E-state index is 12.4. The predicted octanol–water partition coefficient (Wildman–Crippen LogP) is 3.33. The van der Waals surface area contributed by atoms with Crippen molar-refractivity contribution in [3.05, 3.63) is 41.7 Å². The number of benzene rings is 1. The maximum absolute atomic E-state index is 12.4. The highest BCUT2D eigenvalue weighted by atomic mass is 32.1. The number of nitrogens with zero attached hydrogens (tertiary/aromatic N) is 3. The molecule has 0 unspecified atom stereocenters. The lowest BCUT2D eigenvalue weighted by Gasteiger charge is -2.13. The molecule has 1 N–H and O–H groups in total. The van der Waals surface area contributed by atoms with Crippen molar-refractivity contribution in [1.82, 2.24) is 9.97 Å². The number of carbonyl (C=O) groups is 1. The zero-order valence-corrected chi connectivity index (χ0v) is 14.8. The fourth-order valence-corrected chi connectivity index (χ4v) is 3.47. The summed E-state index contributed by atoms with van der Waals surface area (Å²) in [6.07, 6.45) is 1.62. The van der Waals surface area contributed by atoms with Crippen LogP contribution in [0.15, 0.2) is 30.5 Å². The van der Waals surface area contributed by atoms with E-state index < -0.39 is 0 Å². The summed E-state index contributed by atoms with van der Waals surface area (Å²) in [5.41, 5.74) is 3.13. The first kappa shape index (κ1) is 16.2. The van der Waals surface area contributed by atoms with E-state index in [1.165, 1.54) is 11.3 Å². The van der Waals surface area contributed by atoms with Crippen molar-refractivity contribution in [3.63, 3.8) is 0 Å². The number of anilines is 2. The van der Waals surface area contributed by atoms with E-state index in [0.717, 1.165) is 21.6 Å². The third-order valence-electron chi connectivity index (χ3n) is 3.57. The van der Waals surface area contributed by atoms with Crippen LogP contribution in [0.4, 0.5) is 10.8 Å². The minimum atomic E-state index is -0.204. The van der Waals surface area contributed by atoms with Crippen molar-refractivity contribution in [2.75, 3.05) is 31.4 Å². The third kappa shape index (κ3) is 3.03. The molecule has 0 aliphatic rings. The Hall–Kier alpha value is -2.67. The summed E-state index contributed by atoms with van der Waals surface area (Å²) < 4.78 is 6.36. The molecule has 1 amide bonds. The number of nitrogens with one attached hydrogen (secondary N) is 1. The Labute approximate surface area is 144 Å². The third-order valence-corrected chi connectivity index (χ3v) is 4.56. The minimum Gasteiger partial charge on any atom is -0.494 e. The molecule has 0 spiro atoms. The molecule has 24 heavy (non-hydrogen) atoms. The maximum Gasteiger partial charge on any atom is 0.257 e. The number of hydrogen-bond donors (Lipinski definition) is 1. The first-order valence-corrected chi connectivity index (χ1v) is 8.20. The normalized spacial score (nSPS) is 10.7. The van der Waals surface area contributed by atoms with Crippen LogP contribution in [0.1, 0.15) is 16.1 Å². The van der Waals surface area contributed by atoms with E-state index in [-0.39, 0.29) is 5.91 Å². The molecule has 6 nitrogen and oxygen atoms in total. The molecule has 0 atom stereocenters. The number of thiazole rings is 1. The summed E-state index contributed by atoms with van der Waals surface area (Å²) in [7, 11) is 5.55. The fourth-order valence-electron chi connectivity index (χ4n) is 2.40. The molecule has 3 rings (SSSR count). The van der Waals surface area contributed by atoms with E-state index in [0.29, 0.717) is 16.4 Å². The largest absolute Gasteiger partial charge is 0.494 e. The van der Waals surface area contributed by atoms with Crippen LogP contribution in [0.25, 0.3) is 10.2 Å². The molecular weight excluding hydrogens is 324 g/mol. The smallest absolute Gasteiger partial charge is 0.257 e. The van der Waals surface area contributed by atoms with E-state index in [1.807, 2.05) is 38.1 Å². The quantitative estimate of drug-likeness (QED) is 0.788. The Balaban J connectivity index is 1.98. The van der Waals surface area contributed by atoms with E-state index >= 15 is 0 Å². The molecule has 2 heterocycles. The van der Waals surface area contributed by atoms with Crippen molar-refractivity contribution in [3.8, 4) is 5.75 Å². The number of ether oxygens (including phenoxy) is 1. The average Bonchev–Trinajstić information content (AvgIpc) is 2.96. The van der Waals surface area contributed by atoms with Crippen LogP contribution in [0.2, 0.25) is 0 Å². The zero-order valence-electron chi connectivity index (χ0n) is 14.0. The molecule has 3 aromatic rings. The van der Waals surface area contributed by atoms with Gasteiger partial charge in [-0.25, -0.2) is 4.98 Å². The summed E-state index contributed by atoms with van der Waals surface area (Å²) in [4.78, 5) is 23.1. The van der Waals surface area contributed by atoms with E-state index in [9.17, 15) is 4.79 Å². The molecule has 0 aliphatic carbocycles. The molecular formula is C17H18N4O2S. The average molecular weight is 342 g/mol. The second-order valence-corrected chi connectivity index (χ2v) is 6.52. The number of amides is 1. The van der Waals surface area contributed by atoms with Gasteiger partial charge in [-0.15, -0.1) is 0 Å². The zero-order chi connectivity index (χ0) is 17.3. The van der Waals surface area contributed by atoms with Crippen LogP contribution in [0.3, 0.4) is 0 Å². The Morgan fingerprint density at radius 1 is 1.29 bits per heavy atom. The Morgan fingerprint density at radius 2 is 2.08 bits per heavy atom. The number of aryl methyl sites for hydroxylation is 1. The van der Waals surface area contributed by atoms with Crippen LogP contribution in [-0.2, 0) is 0 Å². The summed E-state index contributed by atoms with van der Waals surface area (Å²) in [5, 5.41) is 3.40. The number of pyridine rings is 1. The molecule has 0 saturated heterocycles. The van der Waals surface area contributed by atoms with Crippen LogP contribution in [0, 0.1) is 6.92 Å². The van der Waals surface area contributed by atoms with Crippen molar-refractivity contribution >= 4 is 38.3 Å². The van der Waals surface area contributed by atoms with Gasteiger partial charge in [-0.3, -0.25) is 15.1 Å². The van der Waals surface area contributed by atoms with Gasteiger partial charge in [-0.05, 0) is 31.2 Å². The summed E-state index contributed by atoms with van der Waals surface area (Å²) in [6.45, 7) is 1.85. The van der Waals surface area contributed by atoms with Gasteiger partial charge in [0.1, 0.15) is 11.3 Å². The molecule has 2 aromatic heterocycles. The van der Waals surface area contributed by atoms with Crippen LogP contribution < -0.4 is 15.0 Å². The number of rotatable bonds is 4. The summed E-state index contributed by atoms with van der Waals surface area (Å²) in [5.74, 6) is 0.483. The van der Waals surface area contributed by atoms with E-state index in [1.54, 1.807) is 25.4 Å². The predicted molar refractivity (Wildman–Crippen MR) is 97.4 cm³/mol. The number of carbonyl (C=O) groups excluding carboxylic acids is 1. The van der Waals surface area contributed by atoms with Gasteiger partial charge in [-0.2, -0.15) is 0 Å². The molecule has 124 valence electrons. The molecule has 0 aliphatic heterocycles. The fraction of sp³-hybridized carbons (Fsp3) is 0.235. The van der Waals surface area contributed by atoms with Crippen molar-refractivity contribution in [2.24, 2.45) is 0 Å². The lowest BCUT2D eigenvalue weighted by Crippen LogP contribution is -2.11. The molecule has 0 bridgehead atoms. The molecule has 0 saturated carbocycles. The van der Waals surface area contributed by atoms with Gasteiger partial charge < -0.3 is 9.64 Å². The highest BCUT2D eigenvalue weighted by Gasteiger charge is 2.16. The van der Waals surface area contributed by atoms with Gasteiger partial charge >= 0.3 is 0 Å². The standard InChI is InChI=1S/C17H18N4O2S/c1-10-9-11(7-8-18-10)16(22)20-17-19-14-13(23-4)6-5-12(21(2)3)15(14)24-17/h5-9H,1-4H3,(H,19,20,22). The lowest BCUT2D eigenvalue weighted by molar-refractivity contribution is 0.102. The summed E-state index contributed by atoms with van der Waals surface area (Å²) in [6, 6.07) is 7.29. The highest BCUT2D eigenvalue weighted by Crippen LogP contribution is 2.38. The van der Waals surface area contributed by atoms with Gasteiger partial charge in [-0.1, -0.05) is 11.3 Å². The SMILES string of the molecule is COc1ccc(N(C)C)c2sc(NC(=O)c3ccnc(C)c3)nc12. The number of fused-ring (bicyclic) bond motifs is 1. The van der Waals surface area contributed by atoms with Gasteiger partial charge in [0.2, 0.25) is 0 Å². The van der Waals surface area contributed by atoms with Crippen molar-refractivity contribution in [1.29, 1.82) is 0 Å². The van der Waals surface area contributed by atoms with Gasteiger partial charge in [0.05, 0.1) is 17.5 Å². The second-order valence-electron chi connectivity index (χ2n) is 5.52. The molecule has 1 aromatic carbocycles. The first-order chi connectivity index (χ1) is 11.5. The monoisotopic (exact) mass is 342 g/mol. The van der Waals surface area contributed by atoms with Gasteiger partial charge in [0, 0.05) is 31.5 Å². The first-order valence-electron chi connectivity index (χ1n) is 7.38. The van der Waals surface area contributed by atoms with Crippen LogP contribution in [-0.4, -0.2) is 37.1 Å². The number of hydrogen-bond acceptors (Lipinski definition) is 6. The lowest BCUT2D eigenvalue weighted by atomic mass is 10.2. The number of aromatic nitrogens is 2. The van der Waals surface area contributed by atoms with Crippen molar-refractivity contribution < 1.29 is 9.53 Å².